The van der Waals surface area contributed by atoms with Crippen molar-refractivity contribution in [3.05, 3.63) is 22.4 Å². The fourth-order valence-electron chi connectivity index (χ4n) is 4.13. The Balaban J connectivity index is 1.42. The molecule has 0 aromatic carbocycles. The first-order chi connectivity index (χ1) is 13.2. The van der Waals surface area contributed by atoms with Crippen molar-refractivity contribution in [1.82, 2.24) is 15.5 Å². The zero-order chi connectivity index (χ0) is 19.0. The highest BCUT2D eigenvalue weighted by Crippen LogP contribution is 2.31. The fourth-order valence-corrected chi connectivity index (χ4v) is 4.88. The third-order valence-corrected chi connectivity index (χ3v) is 6.66. The average Bonchev–Trinajstić information content (AvgIpc) is 3.35. The number of guanidine groups is 1. The zero-order valence-corrected chi connectivity index (χ0v) is 17.3. The number of rotatable bonds is 8. The van der Waals surface area contributed by atoms with Gasteiger partial charge in [0.25, 0.3) is 0 Å². The Labute approximate surface area is 167 Å². The van der Waals surface area contributed by atoms with Crippen molar-refractivity contribution in [2.45, 2.75) is 32.2 Å². The van der Waals surface area contributed by atoms with E-state index in [1.54, 1.807) is 0 Å². The second kappa shape index (κ2) is 10.4. The molecule has 2 aliphatic rings. The van der Waals surface area contributed by atoms with Crippen molar-refractivity contribution in [2.75, 3.05) is 53.0 Å². The number of likely N-dealkylation sites (tertiary alicyclic amines) is 1. The Morgan fingerprint density at radius 2 is 2.41 bits per heavy atom. The van der Waals surface area contributed by atoms with Crippen molar-refractivity contribution >= 4 is 17.3 Å². The molecule has 3 N–H and O–H groups in total. The Morgan fingerprint density at radius 1 is 1.48 bits per heavy atom. The molecule has 1 aromatic heterocycles. The van der Waals surface area contributed by atoms with Crippen LogP contribution in [-0.4, -0.2) is 69.0 Å². The van der Waals surface area contributed by atoms with Crippen LogP contribution in [0.3, 0.4) is 0 Å². The largest absolute Gasteiger partial charge is 0.396 e. The number of nitrogens with zero attached hydrogens (tertiary/aromatic N) is 2. The van der Waals surface area contributed by atoms with Gasteiger partial charge in [0.05, 0.1) is 6.61 Å². The Hall–Kier alpha value is -1.15. The van der Waals surface area contributed by atoms with Crippen LogP contribution in [-0.2, 0) is 11.3 Å². The van der Waals surface area contributed by atoms with E-state index in [2.05, 4.69) is 38.0 Å². The van der Waals surface area contributed by atoms with E-state index in [9.17, 15) is 5.11 Å². The number of aliphatic hydroxyl groups excluding tert-OH is 1. The minimum atomic E-state index is 0.0364. The van der Waals surface area contributed by atoms with Crippen LogP contribution >= 0.6 is 11.3 Å². The van der Waals surface area contributed by atoms with Gasteiger partial charge in [-0.15, -0.1) is 11.3 Å². The molecule has 1 aromatic rings. The van der Waals surface area contributed by atoms with Crippen LogP contribution in [0.1, 0.15) is 30.6 Å². The lowest BCUT2D eigenvalue weighted by Crippen LogP contribution is -2.47. The highest BCUT2D eigenvalue weighted by Gasteiger charge is 2.34. The maximum Gasteiger partial charge on any atom is 0.191 e. The second-order valence-corrected chi connectivity index (χ2v) is 8.94. The van der Waals surface area contributed by atoms with Gasteiger partial charge in [0.2, 0.25) is 0 Å². The Kier molecular flexibility index (Phi) is 7.93. The monoisotopic (exact) mass is 394 g/mol. The summed E-state index contributed by atoms with van der Waals surface area (Å²) in [6.45, 7) is 6.87. The average molecular weight is 395 g/mol. The number of ether oxygens (including phenoxy) is 1. The number of hydrogen-bond acceptors (Lipinski definition) is 5. The lowest BCUT2D eigenvalue weighted by Gasteiger charge is -2.33. The zero-order valence-electron chi connectivity index (χ0n) is 16.5. The van der Waals surface area contributed by atoms with Crippen molar-refractivity contribution < 1.29 is 9.84 Å². The lowest BCUT2D eigenvalue weighted by molar-refractivity contribution is 0.127. The normalized spacial score (nSPS) is 27.0. The van der Waals surface area contributed by atoms with Crippen LogP contribution < -0.4 is 10.6 Å². The molecule has 0 bridgehead atoms. The maximum absolute atomic E-state index is 9.37. The Morgan fingerprint density at radius 3 is 3.11 bits per heavy atom. The molecule has 0 spiro atoms. The lowest BCUT2D eigenvalue weighted by atomic mass is 9.84. The van der Waals surface area contributed by atoms with Crippen LogP contribution in [0.25, 0.3) is 0 Å². The molecular formula is C20H34N4O2S. The molecule has 6 nitrogen and oxygen atoms in total. The van der Waals surface area contributed by atoms with Gasteiger partial charge in [-0.3, -0.25) is 9.89 Å². The Bertz CT molecular complexity index is 573. The van der Waals surface area contributed by atoms with Gasteiger partial charge < -0.3 is 20.5 Å². The fraction of sp³-hybridized carbons (Fsp3) is 0.750. The number of nitrogens with one attached hydrogen (secondary N) is 2. The number of hydrogen-bond donors (Lipinski definition) is 3. The third kappa shape index (κ3) is 6.17. The molecule has 7 heteroatoms. The number of aliphatic hydroxyl groups is 1. The second-order valence-electron chi connectivity index (χ2n) is 7.91. The highest BCUT2D eigenvalue weighted by atomic mass is 32.1. The van der Waals surface area contributed by atoms with Crippen LogP contribution in [0, 0.1) is 11.3 Å². The molecule has 3 rings (SSSR count). The van der Waals surface area contributed by atoms with E-state index in [1.165, 1.54) is 24.3 Å². The first-order valence-electron chi connectivity index (χ1n) is 10.1. The minimum absolute atomic E-state index is 0.0364. The molecule has 2 unspecified atom stereocenters. The molecule has 2 aliphatic heterocycles. The molecule has 0 amide bonds. The van der Waals surface area contributed by atoms with Gasteiger partial charge in [-0.05, 0) is 49.6 Å². The molecule has 2 atom stereocenters. The molecule has 0 aliphatic carbocycles. The van der Waals surface area contributed by atoms with E-state index in [4.69, 9.17) is 4.74 Å². The first kappa shape index (κ1) is 20.6. The number of thiophene rings is 1. The highest BCUT2D eigenvalue weighted by molar-refractivity contribution is 7.09. The maximum atomic E-state index is 9.37. The summed E-state index contributed by atoms with van der Waals surface area (Å²) < 4.78 is 5.57. The number of piperidine rings is 1. The summed E-state index contributed by atoms with van der Waals surface area (Å²) in [5.74, 6) is 1.51. The third-order valence-electron chi connectivity index (χ3n) is 5.80. The summed E-state index contributed by atoms with van der Waals surface area (Å²) in [6, 6.07) is 4.37. The van der Waals surface area contributed by atoms with E-state index < -0.39 is 0 Å². The molecule has 2 fully saturated rings. The van der Waals surface area contributed by atoms with Crippen molar-refractivity contribution in [3.63, 3.8) is 0 Å². The van der Waals surface area contributed by atoms with Crippen LogP contribution in [0.4, 0.5) is 0 Å². The summed E-state index contributed by atoms with van der Waals surface area (Å²) in [6.07, 6.45) is 4.31. The van der Waals surface area contributed by atoms with E-state index in [-0.39, 0.29) is 12.0 Å². The van der Waals surface area contributed by atoms with Gasteiger partial charge in [-0.2, -0.15) is 0 Å². The standard InChI is InChI=1S/C20H34N4O2S/c1-21-19(23-15-20(6-9-25)7-10-26-16-20)22-12-17-4-2-8-24(13-17)14-18-5-3-11-27-18/h3,5,11,17,25H,2,4,6-10,12-16H2,1H3,(H2,21,22,23). The molecule has 27 heavy (non-hydrogen) atoms. The van der Waals surface area contributed by atoms with E-state index >= 15 is 0 Å². The molecule has 2 saturated heterocycles. The molecule has 152 valence electrons. The topological polar surface area (TPSA) is 69.1 Å². The quantitative estimate of drug-likeness (QED) is 0.464. The predicted molar refractivity (Wildman–Crippen MR) is 111 cm³/mol. The van der Waals surface area contributed by atoms with E-state index in [0.29, 0.717) is 5.92 Å². The van der Waals surface area contributed by atoms with E-state index in [1.807, 2.05) is 18.4 Å². The van der Waals surface area contributed by atoms with Gasteiger partial charge in [-0.25, -0.2) is 0 Å². The van der Waals surface area contributed by atoms with Gasteiger partial charge in [-0.1, -0.05) is 6.07 Å². The van der Waals surface area contributed by atoms with Crippen LogP contribution in [0.2, 0.25) is 0 Å². The predicted octanol–water partition coefficient (Wildman–Crippen LogP) is 1.91. The van der Waals surface area contributed by atoms with Crippen LogP contribution in [0.5, 0.6) is 0 Å². The van der Waals surface area contributed by atoms with Crippen molar-refractivity contribution in [3.8, 4) is 0 Å². The van der Waals surface area contributed by atoms with Gasteiger partial charge >= 0.3 is 0 Å². The first-order valence-corrected chi connectivity index (χ1v) is 11.0. The summed E-state index contributed by atoms with van der Waals surface area (Å²) in [7, 11) is 1.82. The van der Waals surface area contributed by atoms with Crippen molar-refractivity contribution in [1.29, 1.82) is 0 Å². The molecular weight excluding hydrogens is 360 g/mol. The smallest absolute Gasteiger partial charge is 0.191 e. The molecule has 0 saturated carbocycles. The summed E-state index contributed by atoms with van der Waals surface area (Å²) >= 11 is 1.85. The van der Waals surface area contributed by atoms with Gasteiger partial charge in [0.1, 0.15) is 0 Å². The summed E-state index contributed by atoms with van der Waals surface area (Å²) in [5, 5.41) is 18.5. The summed E-state index contributed by atoms with van der Waals surface area (Å²) in [4.78, 5) is 8.41. The van der Waals surface area contributed by atoms with Gasteiger partial charge in [0.15, 0.2) is 5.96 Å². The summed E-state index contributed by atoms with van der Waals surface area (Å²) in [5.41, 5.74) is 0.0364. The van der Waals surface area contributed by atoms with E-state index in [0.717, 1.165) is 58.2 Å². The van der Waals surface area contributed by atoms with Crippen LogP contribution in [0.15, 0.2) is 22.5 Å². The molecule has 0 radical (unpaired) electrons. The molecule has 3 heterocycles. The SMILES string of the molecule is CN=C(NCC1CCCN(Cc2cccs2)C1)NCC1(CCO)CCOC1. The van der Waals surface area contributed by atoms with Crippen molar-refractivity contribution in [2.24, 2.45) is 16.3 Å². The minimum Gasteiger partial charge on any atom is -0.396 e. The van der Waals surface area contributed by atoms with Gasteiger partial charge in [0, 0.05) is 56.7 Å². The number of aliphatic imine (C=N–C) groups is 1.